The molecule has 90 valence electrons. The summed E-state index contributed by atoms with van der Waals surface area (Å²) >= 11 is 5.67. The fraction of sp³-hybridized carbons (Fsp3) is 0. The van der Waals surface area contributed by atoms with Gasteiger partial charge in [-0.15, -0.1) is 9.95 Å². The number of rotatable bonds is 3. The monoisotopic (exact) mass is 257 g/mol. The van der Waals surface area contributed by atoms with Gasteiger partial charge in [0.25, 0.3) is 5.69 Å². The zero-order valence-corrected chi connectivity index (χ0v) is 9.16. The number of benzene rings is 1. The molecule has 0 unspecified atom stereocenters. The third kappa shape index (κ3) is 3.31. The number of nitro groups is 1. The molecule has 0 bridgehead atoms. The Morgan fingerprint density at radius 1 is 1.41 bits per heavy atom. The smallest absolute Gasteiger partial charge is 0.366 e. The zero-order valence-electron chi connectivity index (χ0n) is 8.41. The summed E-state index contributed by atoms with van der Waals surface area (Å²) in [5.41, 5.74) is 9.76. The van der Waals surface area contributed by atoms with Crippen molar-refractivity contribution in [3.63, 3.8) is 0 Å². The third-order valence-corrected chi connectivity index (χ3v) is 1.94. The van der Waals surface area contributed by atoms with E-state index in [1.54, 1.807) is 0 Å². The van der Waals surface area contributed by atoms with Gasteiger partial charge in [-0.05, 0) is 12.1 Å². The molecule has 8 nitrogen and oxygen atoms in total. The van der Waals surface area contributed by atoms with E-state index in [2.05, 4.69) is 5.10 Å². The molecular formula is C8H8ClN5O3. The van der Waals surface area contributed by atoms with Crippen molar-refractivity contribution >= 4 is 29.5 Å². The Morgan fingerprint density at radius 3 is 2.59 bits per heavy atom. The highest BCUT2D eigenvalue weighted by Crippen LogP contribution is 2.20. The van der Waals surface area contributed by atoms with E-state index >= 15 is 0 Å². The molecule has 1 aromatic carbocycles. The van der Waals surface area contributed by atoms with Gasteiger partial charge in [0.05, 0.1) is 16.7 Å². The number of nitro benzene ring substituents is 1. The van der Waals surface area contributed by atoms with Crippen LogP contribution in [-0.4, -0.2) is 21.9 Å². The molecule has 9 heteroatoms. The van der Waals surface area contributed by atoms with Gasteiger partial charge < -0.3 is 5.21 Å². The van der Waals surface area contributed by atoms with E-state index in [1.807, 2.05) is 0 Å². The van der Waals surface area contributed by atoms with E-state index < -0.39 is 10.9 Å². The molecule has 0 aromatic heterocycles. The fourth-order valence-corrected chi connectivity index (χ4v) is 1.16. The first-order valence-corrected chi connectivity index (χ1v) is 4.62. The second-order valence-electron chi connectivity index (χ2n) is 2.90. The molecule has 0 saturated heterocycles. The highest BCUT2D eigenvalue weighted by molar-refractivity contribution is 6.31. The lowest BCUT2D eigenvalue weighted by Crippen LogP contribution is -2.30. The van der Waals surface area contributed by atoms with Crippen molar-refractivity contribution in [3.8, 4) is 0 Å². The number of hydrogen-bond donors (Lipinski definition) is 2. The lowest BCUT2D eigenvalue weighted by atomic mass is 10.2. The van der Waals surface area contributed by atoms with Gasteiger partial charge in [0, 0.05) is 11.1 Å². The van der Waals surface area contributed by atoms with Gasteiger partial charge in [0.1, 0.15) is 0 Å². The van der Waals surface area contributed by atoms with Crippen LogP contribution < -0.4 is 11.5 Å². The molecule has 0 amide bonds. The largest absolute Gasteiger partial charge is 0.722 e. The fourth-order valence-electron chi connectivity index (χ4n) is 0.976. The van der Waals surface area contributed by atoms with Gasteiger partial charge in [-0.2, -0.15) is 0 Å². The van der Waals surface area contributed by atoms with Crippen LogP contribution in [-0.2, 0) is 0 Å². The first-order chi connectivity index (χ1) is 7.91. The first kappa shape index (κ1) is 12.7. The summed E-state index contributed by atoms with van der Waals surface area (Å²) < 4.78 is 0. The number of hydrogen-bond acceptors (Lipinski definition) is 4. The van der Waals surface area contributed by atoms with E-state index in [1.165, 1.54) is 18.2 Å². The average Bonchev–Trinajstić information content (AvgIpc) is 2.25. The van der Waals surface area contributed by atoms with Gasteiger partial charge >= 0.3 is 5.96 Å². The quantitative estimate of drug-likeness (QED) is 0.201. The molecule has 17 heavy (non-hydrogen) atoms. The topological polar surface area (TPSA) is 134 Å². The van der Waals surface area contributed by atoms with Crippen LogP contribution in [0.4, 0.5) is 5.69 Å². The molecule has 0 radical (unpaired) electrons. The summed E-state index contributed by atoms with van der Waals surface area (Å²) in [5.74, 6) is -0.578. The van der Waals surface area contributed by atoms with Crippen LogP contribution in [0.1, 0.15) is 5.56 Å². The van der Waals surface area contributed by atoms with Crippen molar-refractivity contribution in [3.05, 3.63) is 44.1 Å². The van der Waals surface area contributed by atoms with Crippen molar-refractivity contribution in [2.75, 3.05) is 0 Å². The lowest BCUT2D eigenvalue weighted by molar-refractivity contribution is -0.464. The van der Waals surface area contributed by atoms with E-state index in [-0.39, 0.29) is 21.1 Å². The molecule has 4 N–H and O–H groups in total. The second kappa shape index (κ2) is 5.12. The van der Waals surface area contributed by atoms with E-state index in [0.717, 1.165) is 6.21 Å². The molecule has 1 aromatic rings. The lowest BCUT2D eigenvalue weighted by Gasteiger charge is -2.03. The Labute approximate surface area is 101 Å². The van der Waals surface area contributed by atoms with E-state index in [9.17, 15) is 15.3 Å². The van der Waals surface area contributed by atoms with Gasteiger partial charge in [-0.3, -0.25) is 21.6 Å². The average molecular weight is 258 g/mol. The normalized spacial score (nSPS) is 10.4. The van der Waals surface area contributed by atoms with Gasteiger partial charge in [-0.25, -0.2) is 0 Å². The Hall–Kier alpha value is -2.35. The van der Waals surface area contributed by atoms with Crippen LogP contribution in [0.15, 0.2) is 23.3 Å². The Kier molecular flexibility index (Phi) is 3.83. The summed E-state index contributed by atoms with van der Waals surface area (Å²) in [6.07, 6.45) is 0.955. The number of hydrazone groups is 1. The van der Waals surface area contributed by atoms with Gasteiger partial charge in [0.15, 0.2) is 0 Å². The minimum atomic E-state index is -0.623. The maximum atomic E-state index is 10.9. The number of guanidine groups is 1. The molecule has 0 atom stereocenters. The minimum Gasteiger partial charge on any atom is -0.722 e. The summed E-state index contributed by atoms with van der Waals surface area (Å²) in [5, 5.41) is 25.1. The van der Waals surface area contributed by atoms with Crippen molar-refractivity contribution in [2.45, 2.75) is 0 Å². The van der Waals surface area contributed by atoms with Gasteiger partial charge in [-0.1, -0.05) is 11.6 Å². The highest BCUT2D eigenvalue weighted by Gasteiger charge is 2.12. The summed E-state index contributed by atoms with van der Waals surface area (Å²) in [6, 6.07) is 3.85. The van der Waals surface area contributed by atoms with Crippen molar-refractivity contribution in [1.29, 1.82) is 0 Å². The van der Waals surface area contributed by atoms with Crippen molar-refractivity contribution in [2.24, 2.45) is 16.6 Å². The predicted molar refractivity (Wildman–Crippen MR) is 62.7 cm³/mol. The number of nitrogens with zero attached hydrogens (tertiary/aromatic N) is 3. The highest BCUT2D eigenvalue weighted by atomic mass is 35.5. The van der Waals surface area contributed by atoms with Crippen LogP contribution in [0, 0.1) is 15.3 Å². The Bertz CT molecular complexity index is 510. The molecule has 0 aliphatic carbocycles. The van der Waals surface area contributed by atoms with Crippen LogP contribution in [0.5, 0.6) is 0 Å². The third-order valence-electron chi connectivity index (χ3n) is 1.71. The van der Waals surface area contributed by atoms with Crippen LogP contribution in [0.25, 0.3) is 0 Å². The SMILES string of the molecule is NC(N)=[N+]([O-])N=Cc1cc(Cl)ccc1[N+](=O)[O-]. The predicted octanol–water partition coefficient (Wildman–Crippen LogP) is 0.366. The number of halogens is 1. The van der Waals surface area contributed by atoms with Gasteiger partial charge in [0.2, 0.25) is 0 Å². The Balaban J connectivity index is 3.17. The van der Waals surface area contributed by atoms with Crippen molar-refractivity contribution in [1.82, 2.24) is 0 Å². The zero-order chi connectivity index (χ0) is 13.0. The van der Waals surface area contributed by atoms with Crippen LogP contribution in [0.2, 0.25) is 5.02 Å². The van der Waals surface area contributed by atoms with E-state index in [0.29, 0.717) is 0 Å². The molecular weight excluding hydrogens is 250 g/mol. The molecule has 0 aliphatic rings. The summed E-state index contributed by atoms with van der Waals surface area (Å²) in [6.45, 7) is 0. The minimum absolute atomic E-state index is 0.0649. The van der Waals surface area contributed by atoms with Crippen molar-refractivity contribution < 1.29 is 9.77 Å². The molecule has 0 spiro atoms. The first-order valence-electron chi connectivity index (χ1n) is 4.25. The maximum absolute atomic E-state index is 10.9. The molecule has 0 heterocycles. The van der Waals surface area contributed by atoms with E-state index in [4.69, 9.17) is 23.1 Å². The number of nitrogens with two attached hydrogens (primary N) is 2. The van der Waals surface area contributed by atoms with Crippen LogP contribution in [0.3, 0.4) is 0 Å². The molecule has 0 aliphatic heterocycles. The summed E-state index contributed by atoms with van der Waals surface area (Å²) in [4.78, 5) is 9.98. The second-order valence-corrected chi connectivity index (χ2v) is 3.34. The maximum Gasteiger partial charge on any atom is 0.366 e. The molecule has 0 fully saturated rings. The van der Waals surface area contributed by atoms with Crippen LogP contribution >= 0.6 is 11.6 Å². The Morgan fingerprint density at radius 2 is 2.06 bits per heavy atom. The molecule has 1 rings (SSSR count). The molecule has 0 saturated carbocycles. The standard InChI is InChI=1S/C8H8ClN5O3/c9-6-1-2-7(14(16)17)5(3-6)4-12-13(15)8(10)11/h1-4H,10-11H2. The summed E-state index contributed by atoms with van der Waals surface area (Å²) in [7, 11) is 0.